The molecule has 0 saturated heterocycles. The van der Waals surface area contributed by atoms with Crippen molar-refractivity contribution < 1.29 is 18.7 Å². The van der Waals surface area contributed by atoms with Crippen LogP contribution in [-0.4, -0.2) is 16.1 Å². The maximum Gasteiger partial charge on any atom is 0.357 e. The molecule has 0 aliphatic heterocycles. The number of rotatable bonds is 2. The molecule has 1 aromatic heterocycles. The van der Waals surface area contributed by atoms with E-state index in [4.69, 9.17) is 5.11 Å². The maximum atomic E-state index is 13.3. The third-order valence-corrected chi connectivity index (χ3v) is 2.20. The second-order valence-corrected chi connectivity index (χ2v) is 3.37. The predicted molar refractivity (Wildman–Crippen MR) is 56.5 cm³/mol. The van der Waals surface area contributed by atoms with E-state index < -0.39 is 23.3 Å². The first-order chi connectivity index (χ1) is 8.08. The van der Waals surface area contributed by atoms with Gasteiger partial charge in [0.2, 0.25) is 0 Å². The SMILES string of the molecule is O=C(O)c1ncc(-c2cccc(F)c2)cc1F. The number of hydrogen-bond acceptors (Lipinski definition) is 2. The van der Waals surface area contributed by atoms with Crippen molar-refractivity contribution >= 4 is 5.97 Å². The van der Waals surface area contributed by atoms with Crippen molar-refractivity contribution in [1.29, 1.82) is 0 Å². The van der Waals surface area contributed by atoms with Crippen LogP contribution < -0.4 is 0 Å². The molecule has 0 atom stereocenters. The van der Waals surface area contributed by atoms with Crippen LogP contribution in [0.2, 0.25) is 0 Å². The minimum absolute atomic E-state index is 0.326. The van der Waals surface area contributed by atoms with Crippen molar-refractivity contribution in [2.45, 2.75) is 0 Å². The van der Waals surface area contributed by atoms with E-state index in [1.165, 1.54) is 24.4 Å². The minimum Gasteiger partial charge on any atom is -0.476 e. The molecule has 1 aromatic carbocycles. The van der Waals surface area contributed by atoms with Gasteiger partial charge in [0.05, 0.1) is 0 Å². The van der Waals surface area contributed by atoms with Crippen LogP contribution in [0, 0.1) is 11.6 Å². The summed E-state index contributed by atoms with van der Waals surface area (Å²) >= 11 is 0. The molecule has 0 radical (unpaired) electrons. The van der Waals surface area contributed by atoms with Crippen LogP contribution in [0.3, 0.4) is 0 Å². The fraction of sp³-hybridized carbons (Fsp3) is 0. The smallest absolute Gasteiger partial charge is 0.357 e. The van der Waals surface area contributed by atoms with Gasteiger partial charge in [0, 0.05) is 11.8 Å². The van der Waals surface area contributed by atoms with Crippen molar-refractivity contribution in [1.82, 2.24) is 4.98 Å². The largest absolute Gasteiger partial charge is 0.476 e. The van der Waals surface area contributed by atoms with E-state index in [-0.39, 0.29) is 0 Å². The Kier molecular flexibility index (Phi) is 2.82. The van der Waals surface area contributed by atoms with Crippen LogP contribution in [-0.2, 0) is 0 Å². The van der Waals surface area contributed by atoms with Gasteiger partial charge in [-0.15, -0.1) is 0 Å². The molecule has 0 fully saturated rings. The summed E-state index contributed by atoms with van der Waals surface area (Å²) in [7, 11) is 0. The Morgan fingerprint density at radius 1 is 1.18 bits per heavy atom. The second-order valence-electron chi connectivity index (χ2n) is 3.37. The van der Waals surface area contributed by atoms with Crippen LogP contribution >= 0.6 is 0 Å². The molecule has 0 unspecified atom stereocenters. The Bertz CT molecular complexity index is 584. The summed E-state index contributed by atoms with van der Waals surface area (Å²) in [4.78, 5) is 14.0. The predicted octanol–water partition coefficient (Wildman–Crippen LogP) is 2.73. The average Bonchev–Trinajstić information content (AvgIpc) is 2.28. The number of pyridine rings is 1. The molecule has 0 aliphatic carbocycles. The van der Waals surface area contributed by atoms with Gasteiger partial charge >= 0.3 is 5.97 Å². The van der Waals surface area contributed by atoms with Gasteiger partial charge in [-0.3, -0.25) is 0 Å². The van der Waals surface area contributed by atoms with Gasteiger partial charge in [0.25, 0.3) is 0 Å². The number of nitrogens with zero attached hydrogens (tertiary/aromatic N) is 1. The third-order valence-electron chi connectivity index (χ3n) is 2.20. The summed E-state index contributed by atoms with van der Waals surface area (Å²) in [5.41, 5.74) is 0.116. The lowest BCUT2D eigenvalue weighted by molar-refractivity contribution is 0.0685. The summed E-state index contributed by atoms with van der Waals surface area (Å²) < 4.78 is 26.3. The number of hydrogen-bond donors (Lipinski definition) is 1. The zero-order valence-electron chi connectivity index (χ0n) is 8.52. The molecule has 86 valence electrons. The molecule has 3 nitrogen and oxygen atoms in total. The van der Waals surface area contributed by atoms with Crippen molar-refractivity contribution in [3.05, 3.63) is 53.9 Å². The summed E-state index contributed by atoms with van der Waals surface area (Å²) in [6, 6.07) is 6.56. The van der Waals surface area contributed by atoms with Gasteiger partial charge in [-0.05, 0) is 23.8 Å². The normalized spacial score (nSPS) is 10.2. The molecule has 17 heavy (non-hydrogen) atoms. The molecule has 2 aromatic rings. The van der Waals surface area contributed by atoms with Crippen LogP contribution in [0.5, 0.6) is 0 Å². The van der Waals surface area contributed by atoms with E-state index in [9.17, 15) is 13.6 Å². The van der Waals surface area contributed by atoms with Crippen molar-refractivity contribution in [2.24, 2.45) is 0 Å². The Labute approximate surface area is 95.4 Å². The zero-order chi connectivity index (χ0) is 12.4. The molecule has 0 aliphatic rings. The highest BCUT2D eigenvalue weighted by Gasteiger charge is 2.13. The summed E-state index contributed by atoms with van der Waals surface area (Å²) in [6.45, 7) is 0. The van der Waals surface area contributed by atoms with Gasteiger partial charge in [-0.2, -0.15) is 0 Å². The van der Waals surface area contributed by atoms with Crippen LogP contribution in [0.1, 0.15) is 10.5 Å². The lowest BCUT2D eigenvalue weighted by Crippen LogP contribution is -2.04. The van der Waals surface area contributed by atoms with Crippen LogP contribution in [0.4, 0.5) is 8.78 Å². The number of halogens is 2. The first-order valence-corrected chi connectivity index (χ1v) is 4.72. The molecular weight excluding hydrogens is 228 g/mol. The third kappa shape index (κ3) is 2.28. The van der Waals surface area contributed by atoms with Crippen molar-refractivity contribution in [3.8, 4) is 11.1 Å². The quantitative estimate of drug-likeness (QED) is 0.870. The zero-order valence-corrected chi connectivity index (χ0v) is 8.52. The first-order valence-electron chi connectivity index (χ1n) is 4.72. The molecule has 0 saturated carbocycles. The minimum atomic E-state index is -1.44. The Balaban J connectivity index is 2.48. The highest BCUT2D eigenvalue weighted by Crippen LogP contribution is 2.21. The number of carboxylic acid groups (broad SMARTS) is 1. The summed E-state index contributed by atoms with van der Waals surface area (Å²) in [6.07, 6.45) is 1.20. The van der Waals surface area contributed by atoms with E-state index in [1.807, 2.05) is 0 Å². The van der Waals surface area contributed by atoms with E-state index in [2.05, 4.69) is 4.98 Å². The average molecular weight is 235 g/mol. The van der Waals surface area contributed by atoms with Gasteiger partial charge in [0.1, 0.15) is 5.82 Å². The van der Waals surface area contributed by atoms with Gasteiger partial charge < -0.3 is 5.11 Å². The van der Waals surface area contributed by atoms with Gasteiger partial charge in [0.15, 0.2) is 11.5 Å². The molecule has 2 rings (SSSR count). The van der Waals surface area contributed by atoms with Crippen LogP contribution in [0.15, 0.2) is 36.5 Å². The molecule has 0 spiro atoms. The number of carbonyl (C=O) groups is 1. The standard InChI is InChI=1S/C12H7F2NO2/c13-9-3-1-2-7(4-9)8-5-10(14)11(12(16)17)15-6-8/h1-6H,(H,16,17). The highest BCUT2D eigenvalue weighted by molar-refractivity contribution is 5.86. The number of carboxylic acids is 1. The Morgan fingerprint density at radius 3 is 2.53 bits per heavy atom. The van der Waals surface area contributed by atoms with Gasteiger partial charge in [-0.1, -0.05) is 12.1 Å². The van der Waals surface area contributed by atoms with E-state index in [1.54, 1.807) is 6.07 Å². The lowest BCUT2D eigenvalue weighted by atomic mass is 10.1. The fourth-order valence-corrected chi connectivity index (χ4v) is 1.42. The first kappa shape index (κ1) is 11.2. The molecule has 0 bridgehead atoms. The molecule has 5 heteroatoms. The topological polar surface area (TPSA) is 50.2 Å². The maximum absolute atomic E-state index is 13.3. The highest BCUT2D eigenvalue weighted by atomic mass is 19.1. The second kappa shape index (κ2) is 4.29. The molecule has 1 N–H and O–H groups in total. The molecule has 1 heterocycles. The fourth-order valence-electron chi connectivity index (χ4n) is 1.42. The number of benzene rings is 1. The van der Waals surface area contributed by atoms with Gasteiger partial charge in [-0.25, -0.2) is 18.6 Å². The van der Waals surface area contributed by atoms with E-state index >= 15 is 0 Å². The molecular formula is C12H7F2NO2. The lowest BCUT2D eigenvalue weighted by Gasteiger charge is -2.03. The van der Waals surface area contributed by atoms with Crippen molar-refractivity contribution in [2.75, 3.05) is 0 Å². The van der Waals surface area contributed by atoms with E-state index in [0.717, 1.165) is 6.07 Å². The Morgan fingerprint density at radius 2 is 1.94 bits per heavy atom. The van der Waals surface area contributed by atoms with E-state index in [0.29, 0.717) is 11.1 Å². The molecule has 0 amide bonds. The number of aromatic nitrogens is 1. The number of aromatic carboxylic acids is 1. The summed E-state index contributed by atoms with van der Waals surface area (Å²) in [5, 5.41) is 8.61. The summed E-state index contributed by atoms with van der Waals surface area (Å²) in [5.74, 6) is -2.84. The van der Waals surface area contributed by atoms with Crippen LogP contribution in [0.25, 0.3) is 11.1 Å². The monoisotopic (exact) mass is 235 g/mol. The van der Waals surface area contributed by atoms with Crippen molar-refractivity contribution in [3.63, 3.8) is 0 Å². The Hall–Kier alpha value is -2.30.